The smallest absolute Gasteiger partial charge is 0.330 e. The predicted octanol–water partition coefficient (Wildman–Crippen LogP) is 0.943. The maximum Gasteiger partial charge on any atom is 0.330 e. The van der Waals surface area contributed by atoms with Crippen LogP contribution in [0, 0.1) is 0 Å². The van der Waals surface area contributed by atoms with Crippen LogP contribution < -0.4 is 21.3 Å². The van der Waals surface area contributed by atoms with E-state index in [1.54, 1.807) is 24.3 Å². The fourth-order valence-corrected chi connectivity index (χ4v) is 4.48. The van der Waals surface area contributed by atoms with E-state index in [0.717, 1.165) is 10.1 Å². The third-order valence-electron chi connectivity index (χ3n) is 5.09. The van der Waals surface area contributed by atoms with Crippen LogP contribution in [0.25, 0.3) is 0 Å². The average molecular weight is 491 g/mol. The lowest BCUT2D eigenvalue weighted by Gasteiger charge is -2.19. The highest BCUT2D eigenvalue weighted by Gasteiger charge is 2.26. The van der Waals surface area contributed by atoms with Crippen LogP contribution in [0.3, 0.4) is 0 Å². The fourth-order valence-electron chi connectivity index (χ4n) is 3.16. The second kappa shape index (κ2) is 10.2. The minimum Gasteiger partial charge on any atom is -0.349 e. The van der Waals surface area contributed by atoms with Gasteiger partial charge in [-0.2, -0.15) is 4.72 Å². The van der Waals surface area contributed by atoms with Crippen molar-refractivity contribution in [2.45, 2.75) is 23.9 Å². The minimum absolute atomic E-state index is 0.0354. The van der Waals surface area contributed by atoms with Gasteiger partial charge in [-0.25, -0.2) is 13.2 Å². The van der Waals surface area contributed by atoms with Crippen LogP contribution in [0.5, 0.6) is 0 Å². The van der Waals surface area contributed by atoms with Gasteiger partial charge in [0.05, 0.1) is 11.4 Å². The van der Waals surface area contributed by atoms with Gasteiger partial charge in [-0.05, 0) is 36.2 Å². The lowest BCUT2D eigenvalue weighted by molar-refractivity contribution is -0.122. The number of nitrogens with one attached hydrogen (secondary N) is 2. The van der Waals surface area contributed by atoms with Crippen LogP contribution in [-0.4, -0.2) is 29.5 Å². The largest absolute Gasteiger partial charge is 0.349 e. The zero-order valence-electron chi connectivity index (χ0n) is 18.0. The summed E-state index contributed by atoms with van der Waals surface area (Å²) in [6.07, 6.45) is 0.0922. The van der Waals surface area contributed by atoms with E-state index in [9.17, 15) is 22.8 Å². The van der Waals surface area contributed by atoms with Crippen molar-refractivity contribution < 1.29 is 13.2 Å². The molecule has 0 saturated heterocycles. The third-order valence-corrected chi connectivity index (χ3v) is 6.83. The summed E-state index contributed by atoms with van der Waals surface area (Å²) in [4.78, 5) is 37.0. The van der Waals surface area contributed by atoms with Gasteiger partial charge >= 0.3 is 5.69 Å². The lowest BCUT2D eigenvalue weighted by atomic mass is 10.1. The zero-order valence-corrected chi connectivity index (χ0v) is 19.6. The zero-order chi connectivity index (χ0) is 24.2. The third kappa shape index (κ3) is 5.98. The summed E-state index contributed by atoms with van der Waals surface area (Å²) in [5.74, 6) is -0.607. The van der Waals surface area contributed by atoms with Crippen molar-refractivity contribution in [3.8, 4) is 0 Å². The molecule has 2 N–H and O–H groups in total. The minimum atomic E-state index is -4.03. The van der Waals surface area contributed by atoms with Gasteiger partial charge in [-0.1, -0.05) is 41.9 Å². The van der Waals surface area contributed by atoms with Crippen LogP contribution in [0.2, 0.25) is 5.02 Å². The Kier molecular flexibility index (Phi) is 7.52. The number of aromatic nitrogens is 2. The van der Waals surface area contributed by atoms with Gasteiger partial charge in [0.15, 0.2) is 0 Å². The predicted molar refractivity (Wildman–Crippen MR) is 124 cm³/mol. The number of amides is 1. The Morgan fingerprint density at radius 3 is 2.27 bits per heavy atom. The van der Waals surface area contributed by atoms with Crippen LogP contribution in [0.1, 0.15) is 11.3 Å². The number of rotatable bonds is 8. The number of hydrogen-bond acceptors (Lipinski definition) is 5. The van der Waals surface area contributed by atoms with Crippen LogP contribution in [0.4, 0.5) is 0 Å². The van der Waals surface area contributed by atoms with Crippen molar-refractivity contribution in [2.24, 2.45) is 14.1 Å². The van der Waals surface area contributed by atoms with Crippen molar-refractivity contribution in [2.75, 3.05) is 0 Å². The second-order valence-electron chi connectivity index (χ2n) is 7.41. The Morgan fingerprint density at radius 1 is 1.00 bits per heavy atom. The Labute approximate surface area is 195 Å². The van der Waals surface area contributed by atoms with Crippen molar-refractivity contribution in [3.05, 3.63) is 97.8 Å². The van der Waals surface area contributed by atoms with Gasteiger partial charge in [0.1, 0.15) is 6.04 Å². The van der Waals surface area contributed by atoms with E-state index < -0.39 is 33.2 Å². The molecule has 0 spiro atoms. The molecule has 0 bridgehead atoms. The number of benzene rings is 2. The molecule has 1 heterocycles. The molecule has 0 saturated carbocycles. The molecule has 1 amide bonds. The molecule has 1 atom stereocenters. The SMILES string of the molecule is Cn1c(CNC(=O)[C@H](Cc2ccccc2)NS(=O)(=O)c2ccc(Cl)cc2)cc(=O)n(C)c1=O. The molecule has 11 heteroatoms. The van der Waals surface area contributed by atoms with E-state index >= 15 is 0 Å². The molecule has 174 valence electrons. The van der Waals surface area contributed by atoms with Gasteiger partial charge in [0.2, 0.25) is 15.9 Å². The van der Waals surface area contributed by atoms with E-state index in [-0.39, 0.29) is 23.6 Å². The molecule has 0 aliphatic heterocycles. The molecule has 0 fully saturated rings. The molecule has 0 unspecified atom stereocenters. The van der Waals surface area contributed by atoms with E-state index in [4.69, 9.17) is 11.6 Å². The van der Waals surface area contributed by atoms with Gasteiger partial charge in [0, 0.05) is 30.9 Å². The van der Waals surface area contributed by atoms with Crippen LogP contribution in [-0.2, 0) is 41.9 Å². The number of sulfonamides is 1. The first-order valence-electron chi connectivity index (χ1n) is 9.94. The summed E-state index contributed by atoms with van der Waals surface area (Å²) >= 11 is 5.84. The van der Waals surface area contributed by atoms with Gasteiger partial charge < -0.3 is 5.32 Å². The Hall–Kier alpha value is -3.21. The highest BCUT2D eigenvalue weighted by atomic mass is 35.5. The van der Waals surface area contributed by atoms with Crippen molar-refractivity contribution in [3.63, 3.8) is 0 Å². The Morgan fingerprint density at radius 2 is 1.64 bits per heavy atom. The van der Waals surface area contributed by atoms with E-state index in [1.807, 2.05) is 6.07 Å². The second-order valence-corrected chi connectivity index (χ2v) is 9.56. The fraction of sp³-hybridized carbons (Fsp3) is 0.227. The Balaban J connectivity index is 1.84. The van der Waals surface area contributed by atoms with Gasteiger partial charge in [-0.3, -0.25) is 18.7 Å². The molecular formula is C22H23ClN4O5S. The summed E-state index contributed by atoms with van der Waals surface area (Å²) < 4.78 is 30.4. The van der Waals surface area contributed by atoms with Gasteiger partial charge in [-0.15, -0.1) is 0 Å². The number of nitrogens with zero attached hydrogens (tertiary/aromatic N) is 2. The lowest BCUT2D eigenvalue weighted by Crippen LogP contribution is -2.48. The molecule has 9 nitrogen and oxygen atoms in total. The first-order chi connectivity index (χ1) is 15.6. The summed E-state index contributed by atoms with van der Waals surface area (Å²) in [5.41, 5.74) is -0.00411. The van der Waals surface area contributed by atoms with Crippen molar-refractivity contribution >= 4 is 27.5 Å². The quantitative estimate of drug-likeness (QED) is 0.487. The monoisotopic (exact) mass is 490 g/mol. The molecule has 1 aromatic heterocycles. The molecule has 2 aromatic carbocycles. The maximum atomic E-state index is 13.0. The number of halogens is 1. The summed E-state index contributed by atoms with van der Waals surface area (Å²) in [6, 6.07) is 14.6. The van der Waals surface area contributed by atoms with E-state index in [2.05, 4.69) is 10.0 Å². The first kappa shape index (κ1) is 24.4. The molecule has 3 aromatic rings. The molecule has 3 rings (SSSR count). The maximum absolute atomic E-state index is 13.0. The first-order valence-corrected chi connectivity index (χ1v) is 11.8. The molecule has 0 radical (unpaired) electrons. The molecular weight excluding hydrogens is 468 g/mol. The molecule has 0 aliphatic rings. The highest BCUT2D eigenvalue weighted by Crippen LogP contribution is 2.15. The average Bonchev–Trinajstić information content (AvgIpc) is 2.79. The molecule has 33 heavy (non-hydrogen) atoms. The van der Waals surface area contributed by atoms with Crippen molar-refractivity contribution in [1.29, 1.82) is 0 Å². The summed E-state index contributed by atoms with van der Waals surface area (Å²) in [5, 5.41) is 3.00. The van der Waals surface area contributed by atoms with Crippen LogP contribution in [0.15, 0.2) is 75.1 Å². The standard InChI is InChI=1S/C22H23ClN4O5S/c1-26-17(13-20(28)27(2)22(26)30)14-24-21(29)19(12-15-6-4-3-5-7-15)25-33(31,32)18-10-8-16(23)9-11-18/h3-11,13,19,25H,12,14H2,1-2H3,(H,24,29)/t19-/m0/s1. The van der Waals surface area contributed by atoms with Gasteiger partial charge in [0.25, 0.3) is 5.56 Å². The summed E-state index contributed by atoms with van der Waals surface area (Å²) in [6.45, 7) is -0.130. The van der Waals surface area contributed by atoms with E-state index in [1.165, 1.54) is 49.0 Å². The van der Waals surface area contributed by atoms with E-state index in [0.29, 0.717) is 5.02 Å². The molecule has 0 aliphatic carbocycles. The number of carbonyl (C=O) groups is 1. The number of hydrogen-bond donors (Lipinski definition) is 2. The normalized spacial score (nSPS) is 12.3. The highest BCUT2D eigenvalue weighted by molar-refractivity contribution is 7.89. The summed E-state index contributed by atoms with van der Waals surface area (Å²) in [7, 11) is -1.19. The van der Waals surface area contributed by atoms with Crippen LogP contribution >= 0.6 is 11.6 Å². The topological polar surface area (TPSA) is 119 Å². The van der Waals surface area contributed by atoms with Crippen molar-refractivity contribution in [1.82, 2.24) is 19.2 Å². The Bertz CT molecular complexity index is 1370. The number of carbonyl (C=O) groups excluding carboxylic acids is 1.